The summed E-state index contributed by atoms with van der Waals surface area (Å²) in [7, 11) is 0. The zero-order valence-electron chi connectivity index (χ0n) is 9.56. The lowest BCUT2D eigenvalue weighted by Gasteiger charge is -2.34. The van der Waals surface area contributed by atoms with Gasteiger partial charge in [-0.25, -0.2) is 0 Å². The maximum atomic E-state index is 3.89. The summed E-state index contributed by atoms with van der Waals surface area (Å²) in [6.07, 6.45) is 6.25. The smallest absolute Gasteiger partial charge is 0.00516 e. The molecular formula is C13H23. The quantitative estimate of drug-likeness (QED) is 0.530. The molecule has 0 aromatic heterocycles. The van der Waals surface area contributed by atoms with Gasteiger partial charge in [0.2, 0.25) is 0 Å². The van der Waals surface area contributed by atoms with E-state index < -0.39 is 0 Å². The van der Waals surface area contributed by atoms with Crippen molar-refractivity contribution in [2.75, 3.05) is 0 Å². The molecule has 0 bridgehead atoms. The van der Waals surface area contributed by atoms with Gasteiger partial charge >= 0.3 is 0 Å². The molecule has 0 aliphatic carbocycles. The Balaban J connectivity index is 4.36. The first-order chi connectivity index (χ1) is 5.95. The van der Waals surface area contributed by atoms with Crippen LogP contribution in [-0.4, -0.2) is 0 Å². The predicted octanol–water partition coefficient (Wildman–Crippen LogP) is 4.40. The van der Waals surface area contributed by atoms with Crippen LogP contribution in [0.25, 0.3) is 0 Å². The topological polar surface area (TPSA) is 0 Å². The zero-order valence-corrected chi connectivity index (χ0v) is 9.56. The van der Waals surface area contributed by atoms with Crippen molar-refractivity contribution in [2.24, 2.45) is 11.3 Å². The first kappa shape index (κ1) is 12.5. The molecule has 0 aromatic rings. The zero-order chi connectivity index (χ0) is 10.5. The Kier molecular flexibility index (Phi) is 5.05. The van der Waals surface area contributed by atoms with Crippen LogP contribution in [0, 0.1) is 17.3 Å². The van der Waals surface area contributed by atoms with Gasteiger partial charge in [0.05, 0.1) is 0 Å². The van der Waals surface area contributed by atoms with Gasteiger partial charge in [-0.15, -0.1) is 13.2 Å². The Morgan fingerprint density at radius 1 is 1.31 bits per heavy atom. The highest BCUT2D eigenvalue weighted by Gasteiger charge is 2.29. The van der Waals surface area contributed by atoms with E-state index in [9.17, 15) is 0 Å². The SMILES string of the molecule is C=CCCC(C)(C)[C](C=C)C(C)C. The summed E-state index contributed by atoms with van der Waals surface area (Å²) in [5.41, 5.74) is 0.268. The molecule has 0 amide bonds. The fourth-order valence-corrected chi connectivity index (χ4v) is 1.90. The molecule has 0 unspecified atom stereocenters. The summed E-state index contributed by atoms with van der Waals surface area (Å²) in [4.78, 5) is 0. The third-order valence-corrected chi connectivity index (χ3v) is 2.60. The summed E-state index contributed by atoms with van der Waals surface area (Å²) < 4.78 is 0. The Hall–Kier alpha value is -0.520. The van der Waals surface area contributed by atoms with Crippen molar-refractivity contribution < 1.29 is 0 Å². The first-order valence-electron chi connectivity index (χ1n) is 5.06. The molecule has 0 spiro atoms. The van der Waals surface area contributed by atoms with Crippen LogP contribution >= 0.6 is 0 Å². The Labute approximate surface area is 83.7 Å². The van der Waals surface area contributed by atoms with Gasteiger partial charge in [-0.2, -0.15) is 0 Å². The molecule has 0 aliphatic heterocycles. The number of rotatable bonds is 6. The average Bonchev–Trinajstić information content (AvgIpc) is 2.01. The van der Waals surface area contributed by atoms with Crippen molar-refractivity contribution in [2.45, 2.75) is 40.5 Å². The highest BCUT2D eigenvalue weighted by molar-refractivity contribution is 5.16. The van der Waals surface area contributed by atoms with Crippen molar-refractivity contribution in [3.05, 3.63) is 31.2 Å². The van der Waals surface area contributed by atoms with Crippen LogP contribution in [0.5, 0.6) is 0 Å². The van der Waals surface area contributed by atoms with Crippen LogP contribution in [0.4, 0.5) is 0 Å². The molecule has 0 N–H and O–H groups in total. The molecule has 0 aromatic carbocycles. The van der Waals surface area contributed by atoms with Crippen molar-refractivity contribution in [1.82, 2.24) is 0 Å². The predicted molar refractivity (Wildman–Crippen MR) is 61.5 cm³/mol. The Morgan fingerprint density at radius 2 is 1.85 bits per heavy atom. The third kappa shape index (κ3) is 3.80. The minimum Gasteiger partial charge on any atom is -0.103 e. The summed E-state index contributed by atoms with van der Waals surface area (Å²) in [6.45, 7) is 16.7. The molecule has 0 fully saturated rings. The van der Waals surface area contributed by atoms with Gasteiger partial charge < -0.3 is 0 Å². The van der Waals surface area contributed by atoms with Gasteiger partial charge in [0.25, 0.3) is 0 Å². The van der Waals surface area contributed by atoms with E-state index in [0.29, 0.717) is 5.92 Å². The number of hydrogen-bond donors (Lipinski definition) is 0. The lowest BCUT2D eigenvalue weighted by atomic mass is 9.70. The van der Waals surface area contributed by atoms with Crippen molar-refractivity contribution in [3.8, 4) is 0 Å². The van der Waals surface area contributed by atoms with Gasteiger partial charge in [-0.3, -0.25) is 0 Å². The molecule has 0 saturated carbocycles. The Bertz CT molecular complexity index is 163. The molecule has 0 rings (SSSR count). The molecular weight excluding hydrogens is 156 g/mol. The van der Waals surface area contributed by atoms with E-state index in [1.165, 1.54) is 5.92 Å². The van der Waals surface area contributed by atoms with Gasteiger partial charge in [-0.1, -0.05) is 39.8 Å². The first-order valence-corrected chi connectivity index (χ1v) is 5.06. The molecule has 0 heterocycles. The van der Waals surface area contributed by atoms with Crippen molar-refractivity contribution in [1.29, 1.82) is 0 Å². The highest BCUT2D eigenvalue weighted by atomic mass is 14.3. The summed E-state index contributed by atoms with van der Waals surface area (Å²) in [6, 6.07) is 0. The van der Waals surface area contributed by atoms with E-state index in [4.69, 9.17) is 0 Å². The fraction of sp³-hybridized carbons (Fsp3) is 0.615. The van der Waals surface area contributed by atoms with Crippen molar-refractivity contribution >= 4 is 0 Å². The van der Waals surface area contributed by atoms with E-state index >= 15 is 0 Å². The van der Waals surface area contributed by atoms with Crippen LogP contribution in [-0.2, 0) is 0 Å². The average molecular weight is 179 g/mol. The summed E-state index contributed by atoms with van der Waals surface area (Å²) >= 11 is 0. The summed E-state index contributed by atoms with van der Waals surface area (Å²) in [5, 5.41) is 0. The van der Waals surface area contributed by atoms with Gasteiger partial charge in [-0.05, 0) is 24.2 Å². The van der Waals surface area contributed by atoms with E-state index in [1.807, 2.05) is 12.2 Å². The molecule has 0 atom stereocenters. The second-order valence-corrected chi connectivity index (χ2v) is 4.53. The minimum atomic E-state index is 0.268. The monoisotopic (exact) mass is 179 g/mol. The largest absolute Gasteiger partial charge is 0.103 e. The molecule has 0 aliphatic rings. The van der Waals surface area contributed by atoms with Gasteiger partial charge in [0, 0.05) is 5.92 Å². The minimum absolute atomic E-state index is 0.268. The third-order valence-electron chi connectivity index (χ3n) is 2.60. The van der Waals surface area contributed by atoms with Gasteiger partial charge in [0.15, 0.2) is 0 Å². The van der Waals surface area contributed by atoms with E-state index in [0.717, 1.165) is 12.8 Å². The van der Waals surface area contributed by atoms with E-state index in [-0.39, 0.29) is 5.41 Å². The molecule has 1 radical (unpaired) electrons. The maximum Gasteiger partial charge on any atom is 0.00516 e. The molecule has 75 valence electrons. The van der Waals surface area contributed by atoms with Crippen LogP contribution in [0.1, 0.15) is 40.5 Å². The van der Waals surface area contributed by atoms with E-state index in [2.05, 4.69) is 40.9 Å². The van der Waals surface area contributed by atoms with Crippen molar-refractivity contribution in [3.63, 3.8) is 0 Å². The molecule has 0 heteroatoms. The van der Waals surface area contributed by atoms with Crippen LogP contribution in [0.15, 0.2) is 25.3 Å². The maximum absolute atomic E-state index is 3.89. The highest BCUT2D eigenvalue weighted by Crippen LogP contribution is 2.39. The molecule has 13 heavy (non-hydrogen) atoms. The normalized spacial score (nSPS) is 12.2. The molecule has 0 nitrogen and oxygen atoms in total. The summed E-state index contributed by atoms with van der Waals surface area (Å²) in [5.74, 6) is 2.05. The van der Waals surface area contributed by atoms with Gasteiger partial charge in [0.1, 0.15) is 0 Å². The standard InChI is InChI=1S/C13H23/c1-7-9-10-13(5,6)12(8-2)11(3)4/h7-8,11H,1-2,9-10H2,3-6H3. The van der Waals surface area contributed by atoms with Crippen LogP contribution < -0.4 is 0 Å². The van der Waals surface area contributed by atoms with Crippen LogP contribution in [0.3, 0.4) is 0 Å². The molecule has 0 saturated heterocycles. The van der Waals surface area contributed by atoms with Crippen LogP contribution in [0.2, 0.25) is 0 Å². The number of hydrogen-bond acceptors (Lipinski definition) is 0. The lowest BCUT2D eigenvalue weighted by Crippen LogP contribution is -2.24. The lowest BCUT2D eigenvalue weighted by molar-refractivity contribution is 0.329. The fourth-order valence-electron chi connectivity index (χ4n) is 1.90. The number of allylic oxidation sites excluding steroid dienone is 2. The Morgan fingerprint density at radius 3 is 2.15 bits per heavy atom. The second kappa shape index (κ2) is 5.26. The second-order valence-electron chi connectivity index (χ2n) is 4.53. The van der Waals surface area contributed by atoms with E-state index in [1.54, 1.807) is 0 Å².